The maximum atomic E-state index is 12.1. The Bertz CT molecular complexity index is 489. The van der Waals surface area contributed by atoms with Gasteiger partial charge in [0, 0.05) is 0 Å². The van der Waals surface area contributed by atoms with Crippen LogP contribution >= 0.6 is 0 Å². The van der Waals surface area contributed by atoms with E-state index >= 15 is 0 Å². The van der Waals surface area contributed by atoms with E-state index in [1.807, 2.05) is 0 Å². The third-order valence-corrected chi connectivity index (χ3v) is 7.22. The average Bonchev–Trinajstić information content (AvgIpc) is 2.61. The van der Waals surface area contributed by atoms with Crippen LogP contribution in [-0.2, 0) is 19.1 Å². The van der Waals surface area contributed by atoms with Crippen molar-refractivity contribution in [3.05, 3.63) is 0 Å². The van der Waals surface area contributed by atoms with Gasteiger partial charge in [0.15, 0.2) is 0 Å². The lowest BCUT2D eigenvalue weighted by Crippen LogP contribution is -2.32. The quantitative estimate of drug-likeness (QED) is 0.423. The smallest absolute Gasteiger partial charge is 0.417 e. The van der Waals surface area contributed by atoms with Crippen LogP contribution in [0.2, 0.25) is 0 Å². The van der Waals surface area contributed by atoms with Crippen LogP contribution in [0.5, 0.6) is 0 Å². The molecule has 0 spiro atoms. The van der Waals surface area contributed by atoms with Crippen molar-refractivity contribution in [1.29, 1.82) is 0 Å². The van der Waals surface area contributed by atoms with Crippen molar-refractivity contribution < 1.29 is 19.1 Å². The molecular formula is C24H42O4. The van der Waals surface area contributed by atoms with Gasteiger partial charge in [0.25, 0.3) is 0 Å². The summed E-state index contributed by atoms with van der Waals surface area (Å²) in [5.74, 6) is 0.000113. The van der Waals surface area contributed by atoms with Crippen molar-refractivity contribution in [2.45, 2.75) is 92.9 Å². The third-order valence-electron chi connectivity index (χ3n) is 7.22. The van der Waals surface area contributed by atoms with Gasteiger partial charge in [-0.15, -0.1) is 0 Å². The lowest BCUT2D eigenvalue weighted by molar-refractivity contribution is -0.170. The molecule has 2 aliphatic rings. The minimum Gasteiger partial charge on any atom is -0.457 e. The molecule has 0 N–H and O–H groups in total. The van der Waals surface area contributed by atoms with Gasteiger partial charge in [-0.05, 0) is 60.2 Å². The first kappa shape index (κ1) is 23.2. The molecule has 0 aromatic carbocycles. The molecule has 4 heteroatoms. The van der Waals surface area contributed by atoms with Crippen molar-refractivity contribution in [2.75, 3.05) is 13.2 Å². The Balaban J connectivity index is 1.70. The molecule has 28 heavy (non-hydrogen) atoms. The van der Waals surface area contributed by atoms with Gasteiger partial charge in [0.05, 0.1) is 13.2 Å². The van der Waals surface area contributed by atoms with E-state index in [4.69, 9.17) is 9.47 Å². The largest absolute Gasteiger partial charge is 0.457 e. The van der Waals surface area contributed by atoms with Crippen LogP contribution in [0.4, 0.5) is 0 Å². The lowest BCUT2D eigenvalue weighted by atomic mass is 9.69. The topological polar surface area (TPSA) is 52.6 Å². The Morgan fingerprint density at radius 3 is 1.46 bits per heavy atom. The molecule has 2 aliphatic carbocycles. The van der Waals surface area contributed by atoms with E-state index in [1.165, 1.54) is 38.5 Å². The summed E-state index contributed by atoms with van der Waals surface area (Å²) < 4.78 is 10.6. The summed E-state index contributed by atoms with van der Waals surface area (Å²) in [6.07, 6.45) is 9.67. The normalized spacial score (nSPS) is 28.8. The van der Waals surface area contributed by atoms with Gasteiger partial charge in [-0.1, -0.05) is 67.2 Å². The summed E-state index contributed by atoms with van der Waals surface area (Å²) in [7, 11) is 0. The summed E-state index contributed by atoms with van der Waals surface area (Å²) in [4.78, 5) is 24.1. The fraction of sp³-hybridized carbons (Fsp3) is 0.917. The molecule has 2 saturated carbocycles. The second-order valence-corrected chi connectivity index (χ2v) is 11.2. The Labute approximate surface area is 172 Å². The van der Waals surface area contributed by atoms with E-state index in [9.17, 15) is 9.59 Å². The predicted octanol–water partition coefficient (Wildman–Crippen LogP) is 5.78. The molecule has 4 unspecified atom stereocenters. The maximum Gasteiger partial charge on any atom is 0.417 e. The van der Waals surface area contributed by atoms with Crippen LogP contribution in [-0.4, -0.2) is 25.2 Å². The minimum atomic E-state index is -0.835. The van der Waals surface area contributed by atoms with Crippen LogP contribution in [0.15, 0.2) is 0 Å². The zero-order valence-corrected chi connectivity index (χ0v) is 19.0. The molecule has 0 radical (unpaired) electrons. The van der Waals surface area contributed by atoms with Crippen LogP contribution in [0, 0.1) is 34.5 Å². The molecule has 4 nitrogen and oxygen atoms in total. The molecule has 0 heterocycles. The molecule has 0 bridgehead atoms. The highest BCUT2D eigenvalue weighted by Crippen LogP contribution is 2.42. The second-order valence-electron chi connectivity index (χ2n) is 11.2. The van der Waals surface area contributed by atoms with E-state index in [-0.39, 0.29) is 11.8 Å². The van der Waals surface area contributed by atoms with E-state index in [0.717, 1.165) is 12.8 Å². The van der Waals surface area contributed by atoms with Gasteiger partial charge in [-0.2, -0.15) is 0 Å². The molecular weight excluding hydrogens is 352 g/mol. The molecule has 2 fully saturated rings. The van der Waals surface area contributed by atoms with E-state index < -0.39 is 11.9 Å². The molecule has 162 valence electrons. The van der Waals surface area contributed by atoms with Crippen molar-refractivity contribution in [2.24, 2.45) is 34.5 Å². The number of carbonyl (C=O) groups excluding carboxylic acids is 2. The zero-order chi connectivity index (χ0) is 20.9. The average molecular weight is 395 g/mol. The second kappa shape index (κ2) is 9.63. The Kier molecular flexibility index (Phi) is 7.98. The Morgan fingerprint density at radius 2 is 1.14 bits per heavy atom. The Morgan fingerprint density at radius 1 is 0.786 bits per heavy atom. The molecule has 0 aromatic heterocycles. The number of hydrogen-bond donors (Lipinski definition) is 0. The number of carbonyl (C=O) groups is 2. The summed E-state index contributed by atoms with van der Waals surface area (Å²) in [5, 5.41) is 0. The fourth-order valence-electron chi connectivity index (χ4n) is 5.29. The van der Waals surface area contributed by atoms with Gasteiger partial charge in [-0.25, -0.2) is 9.59 Å². The predicted molar refractivity (Wildman–Crippen MR) is 112 cm³/mol. The van der Waals surface area contributed by atoms with Gasteiger partial charge >= 0.3 is 11.9 Å². The van der Waals surface area contributed by atoms with Crippen molar-refractivity contribution in [3.63, 3.8) is 0 Å². The van der Waals surface area contributed by atoms with Crippen molar-refractivity contribution >= 4 is 11.9 Å². The van der Waals surface area contributed by atoms with Crippen molar-refractivity contribution in [1.82, 2.24) is 0 Å². The van der Waals surface area contributed by atoms with Gasteiger partial charge < -0.3 is 9.47 Å². The molecule has 4 atom stereocenters. The highest BCUT2D eigenvalue weighted by atomic mass is 16.6. The van der Waals surface area contributed by atoms with Crippen LogP contribution in [0.1, 0.15) is 92.9 Å². The number of esters is 2. The summed E-state index contributed by atoms with van der Waals surface area (Å²) in [5.41, 5.74) is 0.730. The van der Waals surface area contributed by atoms with Crippen LogP contribution < -0.4 is 0 Å². The first-order valence-electron chi connectivity index (χ1n) is 11.3. The lowest BCUT2D eigenvalue weighted by Gasteiger charge is -2.38. The van der Waals surface area contributed by atoms with E-state index in [0.29, 0.717) is 35.9 Å². The molecule has 0 saturated heterocycles. The standard InChI is InChI=1S/C24H42O4/c1-17(19-9-7-11-23(3,4)13-19)15-27-21(25)22(26)28-16-18(2)20-10-8-12-24(5,6)14-20/h17-20H,7-16H2,1-6H3. The number of rotatable bonds is 6. The van der Waals surface area contributed by atoms with E-state index in [2.05, 4.69) is 41.5 Å². The van der Waals surface area contributed by atoms with Crippen LogP contribution in [0.25, 0.3) is 0 Å². The number of ether oxygens (including phenoxy) is 2. The maximum absolute atomic E-state index is 12.1. The van der Waals surface area contributed by atoms with Gasteiger partial charge in [0.1, 0.15) is 0 Å². The number of hydrogen-bond acceptors (Lipinski definition) is 4. The monoisotopic (exact) mass is 394 g/mol. The molecule has 2 rings (SSSR count). The highest BCUT2D eigenvalue weighted by molar-refractivity contribution is 6.29. The zero-order valence-electron chi connectivity index (χ0n) is 19.0. The first-order valence-corrected chi connectivity index (χ1v) is 11.3. The third kappa shape index (κ3) is 7.08. The SMILES string of the molecule is CC(COC(=O)C(=O)OCC(C)C1CCCC(C)(C)C1)C1CCCC(C)(C)C1. The summed E-state index contributed by atoms with van der Waals surface area (Å²) in [6.45, 7) is 14.1. The van der Waals surface area contributed by atoms with Crippen LogP contribution in [0.3, 0.4) is 0 Å². The summed E-state index contributed by atoms with van der Waals surface area (Å²) in [6, 6.07) is 0. The van der Waals surface area contributed by atoms with Gasteiger partial charge in [-0.3, -0.25) is 0 Å². The van der Waals surface area contributed by atoms with E-state index in [1.54, 1.807) is 0 Å². The summed E-state index contributed by atoms with van der Waals surface area (Å²) >= 11 is 0. The molecule has 0 aromatic rings. The highest BCUT2D eigenvalue weighted by Gasteiger charge is 2.33. The first-order chi connectivity index (χ1) is 13.0. The molecule has 0 amide bonds. The fourth-order valence-corrected chi connectivity index (χ4v) is 5.29. The van der Waals surface area contributed by atoms with Gasteiger partial charge in [0.2, 0.25) is 0 Å². The minimum absolute atomic E-state index is 0.278. The Hall–Kier alpha value is -1.06. The molecule has 0 aliphatic heterocycles. The van der Waals surface area contributed by atoms with Crippen molar-refractivity contribution in [3.8, 4) is 0 Å².